The molecule has 0 fully saturated rings. The molecule has 0 spiro atoms. The minimum Gasteiger partial charge on any atom is -0.396 e. The summed E-state index contributed by atoms with van der Waals surface area (Å²) < 4.78 is 5.32. The Morgan fingerprint density at radius 2 is 2.08 bits per heavy atom. The van der Waals surface area contributed by atoms with Crippen LogP contribution in [0.3, 0.4) is 0 Å². The van der Waals surface area contributed by atoms with Crippen molar-refractivity contribution in [2.45, 2.75) is 6.42 Å². The van der Waals surface area contributed by atoms with E-state index >= 15 is 0 Å². The second-order valence-electron chi connectivity index (χ2n) is 5.34. The molecule has 124 valence electrons. The molecule has 0 saturated heterocycles. The number of aliphatic hydroxyl groups excluding tert-OH is 1. The summed E-state index contributed by atoms with van der Waals surface area (Å²) in [5, 5.41) is 13.5. The fraction of sp³-hybridized carbons (Fsp3) is 0.235. The maximum Gasteiger partial charge on any atom is 0.259 e. The number of nitrogens with zero attached hydrogens (tertiary/aromatic N) is 4. The fourth-order valence-electron chi connectivity index (χ4n) is 2.25. The zero-order valence-electron chi connectivity index (χ0n) is 13.2. The number of anilines is 1. The highest BCUT2D eigenvalue weighted by atomic mass is 35.5. The quantitative estimate of drug-likeness (QED) is 0.739. The Hall–Kier alpha value is -2.44. The Morgan fingerprint density at radius 3 is 2.79 bits per heavy atom. The highest BCUT2D eigenvalue weighted by molar-refractivity contribution is 6.30. The Labute approximate surface area is 144 Å². The Bertz CT molecular complexity index is 804. The van der Waals surface area contributed by atoms with Crippen LogP contribution in [0.25, 0.3) is 22.8 Å². The van der Waals surface area contributed by atoms with Gasteiger partial charge in [0.15, 0.2) is 0 Å². The number of benzene rings is 1. The molecule has 0 aliphatic heterocycles. The first-order chi connectivity index (χ1) is 11.7. The molecule has 1 N–H and O–H groups in total. The van der Waals surface area contributed by atoms with Crippen molar-refractivity contribution in [1.29, 1.82) is 0 Å². The van der Waals surface area contributed by atoms with E-state index in [4.69, 9.17) is 21.2 Å². The van der Waals surface area contributed by atoms with Crippen LogP contribution in [0.15, 0.2) is 47.1 Å². The van der Waals surface area contributed by atoms with Gasteiger partial charge in [-0.3, -0.25) is 0 Å². The molecular weight excluding hydrogens is 328 g/mol. The number of hydrogen-bond donors (Lipinski definition) is 1. The predicted octanol–water partition coefficient (Wildman–Crippen LogP) is 3.27. The van der Waals surface area contributed by atoms with E-state index in [0.29, 0.717) is 23.2 Å². The van der Waals surface area contributed by atoms with Crippen molar-refractivity contribution in [3.05, 3.63) is 47.6 Å². The first-order valence-electron chi connectivity index (χ1n) is 7.55. The van der Waals surface area contributed by atoms with Crippen LogP contribution in [-0.2, 0) is 0 Å². The lowest BCUT2D eigenvalue weighted by molar-refractivity contribution is 0.290. The zero-order chi connectivity index (χ0) is 16.9. The molecule has 2 heterocycles. The van der Waals surface area contributed by atoms with E-state index in [1.807, 2.05) is 36.2 Å². The Kier molecular flexibility index (Phi) is 5.08. The predicted molar refractivity (Wildman–Crippen MR) is 92.9 cm³/mol. The number of rotatable bonds is 6. The molecule has 3 aromatic rings. The summed E-state index contributed by atoms with van der Waals surface area (Å²) >= 11 is 5.99. The van der Waals surface area contributed by atoms with Crippen LogP contribution in [0.2, 0.25) is 5.02 Å². The fourth-order valence-corrected chi connectivity index (χ4v) is 2.44. The minimum atomic E-state index is 0.163. The minimum absolute atomic E-state index is 0.163. The van der Waals surface area contributed by atoms with Gasteiger partial charge in [0, 0.05) is 37.0 Å². The van der Waals surface area contributed by atoms with Crippen molar-refractivity contribution < 1.29 is 9.63 Å². The van der Waals surface area contributed by atoms with Gasteiger partial charge >= 0.3 is 0 Å². The van der Waals surface area contributed by atoms with Gasteiger partial charge < -0.3 is 14.5 Å². The van der Waals surface area contributed by atoms with E-state index in [0.717, 1.165) is 23.5 Å². The summed E-state index contributed by atoms with van der Waals surface area (Å²) in [6, 6.07) is 11.1. The van der Waals surface area contributed by atoms with Gasteiger partial charge in [-0.15, -0.1) is 0 Å². The zero-order valence-corrected chi connectivity index (χ0v) is 13.9. The van der Waals surface area contributed by atoms with Crippen molar-refractivity contribution in [1.82, 2.24) is 15.1 Å². The Balaban J connectivity index is 1.78. The average molecular weight is 345 g/mol. The molecule has 0 radical (unpaired) electrons. The first kappa shape index (κ1) is 16.4. The molecule has 0 unspecified atom stereocenters. The Morgan fingerprint density at radius 1 is 1.21 bits per heavy atom. The van der Waals surface area contributed by atoms with Gasteiger partial charge in [0.05, 0.1) is 5.56 Å². The topological polar surface area (TPSA) is 75.3 Å². The lowest BCUT2D eigenvalue weighted by atomic mass is 10.2. The highest BCUT2D eigenvalue weighted by Gasteiger charge is 2.12. The van der Waals surface area contributed by atoms with Crippen LogP contribution >= 0.6 is 11.6 Å². The van der Waals surface area contributed by atoms with Gasteiger partial charge in [-0.05, 0) is 30.7 Å². The third kappa shape index (κ3) is 3.72. The van der Waals surface area contributed by atoms with Crippen molar-refractivity contribution in [2.24, 2.45) is 0 Å². The molecule has 3 rings (SSSR count). The van der Waals surface area contributed by atoms with Gasteiger partial charge in [-0.1, -0.05) is 28.9 Å². The van der Waals surface area contributed by atoms with Crippen LogP contribution in [0.5, 0.6) is 0 Å². The monoisotopic (exact) mass is 344 g/mol. The molecular formula is C17H17ClN4O2. The van der Waals surface area contributed by atoms with E-state index in [2.05, 4.69) is 15.1 Å². The maximum atomic E-state index is 8.89. The normalized spacial score (nSPS) is 10.8. The van der Waals surface area contributed by atoms with Gasteiger partial charge in [0.1, 0.15) is 5.82 Å². The molecule has 7 heteroatoms. The van der Waals surface area contributed by atoms with Crippen molar-refractivity contribution >= 4 is 17.4 Å². The summed E-state index contributed by atoms with van der Waals surface area (Å²) in [7, 11) is 1.93. The van der Waals surface area contributed by atoms with Crippen LogP contribution < -0.4 is 4.90 Å². The number of aliphatic hydroxyl groups is 1. The SMILES string of the molecule is CN(CCCO)c1ccc(-c2nc(-c3cccc(Cl)c3)no2)cn1. The standard InChI is InChI=1S/C17H17ClN4O2/c1-22(8-3-9-23)15-7-6-13(11-19-15)17-20-16(21-24-17)12-4-2-5-14(18)10-12/h2,4-7,10-11,23H,3,8-9H2,1H3. The molecule has 0 aliphatic carbocycles. The van der Waals surface area contributed by atoms with Gasteiger partial charge in [-0.2, -0.15) is 4.98 Å². The summed E-state index contributed by atoms with van der Waals surface area (Å²) in [5.74, 6) is 1.71. The summed E-state index contributed by atoms with van der Waals surface area (Å²) in [6.45, 7) is 0.902. The molecule has 2 aromatic heterocycles. The molecule has 0 saturated carbocycles. The van der Waals surface area contributed by atoms with E-state index in [1.54, 1.807) is 18.3 Å². The first-order valence-corrected chi connectivity index (χ1v) is 7.93. The smallest absolute Gasteiger partial charge is 0.259 e. The third-order valence-electron chi connectivity index (χ3n) is 3.55. The molecule has 0 atom stereocenters. The van der Waals surface area contributed by atoms with Crippen LogP contribution in [0, 0.1) is 0 Å². The van der Waals surface area contributed by atoms with Gasteiger partial charge in [0.25, 0.3) is 5.89 Å². The van der Waals surface area contributed by atoms with E-state index < -0.39 is 0 Å². The summed E-state index contributed by atoms with van der Waals surface area (Å²) in [6.07, 6.45) is 2.40. The number of aromatic nitrogens is 3. The second-order valence-corrected chi connectivity index (χ2v) is 5.77. The molecule has 0 aliphatic rings. The lowest BCUT2D eigenvalue weighted by Crippen LogP contribution is -2.20. The summed E-state index contributed by atoms with van der Waals surface area (Å²) in [4.78, 5) is 10.8. The highest BCUT2D eigenvalue weighted by Crippen LogP contribution is 2.24. The number of halogens is 1. The van der Waals surface area contributed by atoms with Crippen molar-refractivity contribution in [3.63, 3.8) is 0 Å². The van der Waals surface area contributed by atoms with E-state index in [1.165, 1.54) is 0 Å². The third-order valence-corrected chi connectivity index (χ3v) is 3.78. The van der Waals surface area contributed by atoms with Crippen LogP contribution in [0.4, 0.5) is 5.82 Å². The average Bonchev–Trinajstić information content (AvgIpc) is 3.10. The van der Waals surface area contributed by atoms with Crippen LogP contribution in [-0.4, -0.2) is 40.4 Å². The summed E-state index contributed by atoms with van der Waals surface area (Å²) in [5.41, 5.74) is 1.54. The lowest BCUT2D eigenvalue weighted by Gasteiger charge is -2.17. The molecule has 0 bridgehead atoms. The molecule has 24 heavy (non-hydrogen) atoms. The van der Waals surface area contributed by atoms with Crippen molar-refractivity contribution in [2.75, 3.05) is 25.1 Å². The van der Waals surface area contributed by atoms with E-state index in [-0.39, 0.29) is 6.61 Å². The molecule has 0 amide bonds. The molecule has 6 nitrogen and oxygen atoms in total. The second kappa shape index (κ2) is 7.42. The van der Waals surface area contributed by atoms with Crippen LogP contribution in [0.1, 0.15) is 6.42 Å². The number of hydrogen-bond acceptors (Lipinski definition) is 6. The molecule has 1 aromatic carbocycles. The number of pyridine rings is 1. The van der Waals surface area contributed by atoms with E-state index in [9.17, 15) is 0 Å². The van der Waals surface area contributed by atoms with Crippen molar-refractivity contribution in [3.8, 4) is 22.8 Å². The largest absolute Gasteiger partial charge is 0.396 e. The van der Waals surface area contributed by atoms with Gasteiger partial charge in [-0.25, -0.2) is 4.98 Å². The van der Waals surface area contributed by atoms with Gasteiger partial charge in [0.2, 0.25) is 5.82 Å². The maximum absolute atomic E-state index is 8.89.